The highest BCUT2D eigenvalue weighted by Gasteiger charge is 2.14. The molecular weight excluding hydrogens is 310 g/mol. The number of halogens is 1. The summed E-state index contributed by atoms with van der Waals surface area (Å²) < 4.78 is 0. The largest absolute Gasteiger partial charge is 0.323 e. The van der Waals surface area contributed by atoms with Crippen molar-refractivity contribution in [1.29, 1.82) is 0 Å². The molecule has 0 saturated heterocycles. The Hall–Kier alpha value is -1.70. The molecule has 0 aliphatic carbocycles. The highest BCUT2D eigenvalue weighted by molar-refractivity contribution is 7.15. The van der Waals surface area contributed by atoms with E-state index in [9.17, 15) is 4.79 Å². The summed E-state index contributed by atoms with van der Waals surface area (Å²) >= 11 is 7.27. The normalized spacial score (nSPS) is 10.7. The van der Waals surface area contributed by atoms with Gasteiger partial charge < -0.3 is 5.43 Å². The quantitative estimate of drug-likeness (QED) is 0.580. The molecule has 0 atom stereocenters. The Bertz CT molecular complexity index is 643. The molecule has 2 rings (SSSR count). The average Bonchev–Trinajstić information content (AvgIpc) is 2.85. The first-order chi connectivity index (χ1) is 9.99. The third kappa shape index (κ3) is 4.13. The number of hydrogen-bond acceptors (Lipinski definition) is 6. The molecule has 21 heavy (non-hydrogen) atoms. The molecule has 0 unspecified atom stereocenters. The smallest absolute Gasteiger partial charge is 0.259 e. The molecule has 1 aromatic heterocycles. The molecule has 1 amide bonds. The van der Waals surface area contributed by atoms with E-state index in [4.69, 9.17) is 17.4 Å². The molecule has 1 heterocycles. The van der Waals surface area contributed by atoms with Crippen LogP contribution in [-0.4, -0.2) is 16.1 Å². The number of carbonyl (C=O) groups excluding carboxylic acids is 1. The minimum atomic E-state index is -0.335. The van der Waals surface area contributed by atoms with Crippen LogP contribution in [0.3, 0.4) is 0 Å². The zero-order chi connectivity index (χ0) is 15.4. The third-order valence-corrected chi connectivity index (χ3v) is 3.75. The van der Waals surface area contributed by atoms with Gasteiger partial charge in [-0.15, -0.1) is 10.2 Å². The van der Waals surface area contributed by atoms with Crippen LogP contribution in [0, 0.1) is 5.92 Å². The molecule has 4 N–H and O–H groups in total. The zero-order valence-corrected chi connectivity index (χ0v) is 13.3. The number of hydrazine groups is 1. The van der Waals surface area contributed by atoms with Crippen LogP contribution in [0.15, 0.2) is 18.2 Å². The average molecular weight is 326 g/mol. The lowest BCUT2D eigenvalue weighted by molar-refractivity contribution is 0.102. The first-order valence-electron chi connectivity index (χ1n) is 6.39. The van der Waals surface area contributed by atoms with Crippen LogP contribution in [0.25, 0.3) is 0 Å². The number of nitrogens with zero attached hydrogens (tertiary/aromatic N) is 2. The van der Waals surface area contributed by atoms with Gasteiger partial charge in [0.25, 0.3) is 5.91 Å². The van der Waals surface area contributed by atoms with Crippen molar-refractivity contribution in [3.8, 4) is 0 Å². The van der Waals surface area contributed by atoms with Gasteiger partial charge in [-0.3, -0.25) is 16.0 Å². The van der Waals surface area contributed by atoms with Gasteiger partial charge >= 0.3 is 0 Å². The molecule has 0 saturated carbocycles. The fraction of sp³-hybridized carbons (Fsp3) is 0.308. The van der Waals surface area contributed by atoms with Gasteiger partial charge in [0, 0.05) is 11.4 Å². The second-order valence-electron chi connectivity index (χ2n) is 4.89. The highest BCUT2D eigenvalue weighted by atomic mass is 35.5. The van der Waals surface area contributed by atoms with Crippen molar-refractivity contribution in [2.24, 2.45) is 11.8 Å². The van der Waals surface area contributed by atoms with Gasteiger partial charge in [0.2, 0.25) is 5.13 Å². The molecule has 8 heteroatoms. The topological polar surface area (TPSA) is 92.9 Å². The molecule has 6 nitrogen and oxygen atoms in total. The van der Waals surface area contributed by atoms with Gasteiger partial charge in [0.05, 0.1) is 11.3 Å². The van der Waals surface area contributed by atoms with Crippen LogP contribution in [0.2, 0.25) is 5.02 Å². The first kappa shape index (κ1) is 15.7. The van der Waals surface area contributed by atoms with Gasteiger partial charge in [0.1, 0.15) is 5.01 Å². The summed E-state index contributed by atoms with van der Waals surface area (Å²) in [5.41, 5.74) is 3.31. The summed E-state index contributed by atoms with van der Waals surface area (Å²) in [6.45, 7) is 4.20. The SMILES string of the molecule is CC(C)Cc1nnc(NC(=O)c2cc(Cl)ccc2NN)s1. The van der Waals surface area contributed by atoms with E-state index in [1.54, 1.807) is 18.2 Å². The van der Waals surface area contributed by atoms with Crippen LogP contribution >= 0.6 is 22.9 Å². The van der Waals surface area contributed by atoms with Crippen molar-refractivity contribution in [2.45, 2.75) is 20.3 Å². The van der Waals surface area contributed by atoms with Crippen molar-refractivity contribution in [2.75, 3.05) is 10.7 Å². The number of amides is 1. The summed E-state index contributed by atoms with van der Waals surface area (Å²) in [4.78, 5) is 12.3. The lowest BCUT2D eigenvalue weighted by Gasteiger charge is -2.08. The Morgan fingerprint density at radius 2 is 2.19 bits per heavy atom. The molecule has 0 aliphatic heterocycles. The fourth-order valence-electron chi connectivity index (χ4n) is 1.73. The monoisotopic (exact) mass is 325 g/mol. The lowest BCUT2D eigenvalue weighted by Crippen LogP contribution is -2.17. The lowest BCUT2D eigenvalue weighted by atomic mass is 10.1. The highest BCUT2D eigenvalue weighted by Crippen LogP contribution is 2.23. The number of rotatable bonds is 5. The predicted octanol–water partition coefficient (Wildman–Crippen LogP) is 2.93. The second-order valence-corrected chi connectivity index (χ2v) is 6.39. The van der Waals surface area contributed by atoms with Gasteiger partial charge in [0.15, 0.2) is 0 Å². The fourth-order valence-corrected chi connectivity index (χ4v) is 2.85. The van der Waals surface area contributed by atoms with Crippen molar-refractivity contribution >= 4 is 39.7 Å². The van der Waals surface area contributed by atoms with Gasteiger partial charge in [-0.1, -0.05) is 36.8 Å². The Balaban J connectivity index is 2.14. The van der Waals surface area contributed by atoms with Gasteiger partial charge in [-0.25, -0.2) is 0 Å². The molecule has 2 aromatic rings. The van der Waals surface area contributed by atoms with Gasteiger partial charge in [-0.2, -0.15) is 0 Å². The minimum Gasteiger partial charge on any atom is -0.323 e. The number of benzene rings is 1. The standard InChI is InChI=1S/C13H16ClN5OS/c1-7(2)5-11-18-19-13(21-11)16-12(20)9-6-8(14)3-4-10(9)17-15/h3-4,6-7,17H,5,15H2,1-2H3,(H,16,19,20). The van der Waals surface area contributed by atoms with Crippen LogP contribution < -0.4 is 16.6 Å². The van der Waals surface area contributed by atoms with E-state index < -0.39 is 0 Å². The van der Waals surface area contributed by atoms with E-state index in [0.717, 1.165) is 11.4 Å². The van der Waals surface area contributed by atoms with Crippen molar-refractivity contribution in [1.82, 2.24) is 10.2 Å². The number of carbonyl (C=O) groups is 1. The second kappa shape index (κ2) is 6.84. The summed E-state index contributed by atoms with van der Waals surface area (Å²) in [5, 5.41) is 12.5. The third-order valence-electron chi connectivity index (χ3n) is 2.65. The van der Waals surface area contributed by atoms with E-state index in [1.807, 2.05) is 0 Å². The molecule has 1 aromatic carbocycles. The number of aromatic nitrogens is 2. The summed E-state index contributed by atoms with van der Waals surface area (Å²) in [5.74, 6) is 5.55. The van der Waals surface area contributed by atoms with Crippen molar-refractivity contribution in [3.63, 3.8) is 0 Å². The maximum Gasteiger partial charge on any atom is 0.259 e. The van der Waals surface area contributed by atoms with E-state index in [1.165, 1.54) is 11.3 Å². The number of nitrogens with one attached hydrogen (secondary N) is 2. The Morgan fingerprint density at radius 1 is 1.43 bits per heavy atom. The van der Waals surface area contributed by atoms with Crippen molar-refractivity contribution < 1.29 is 4.79 Å². The molecular formula is C13H16ClN5OS. The summed E-state index contributed by atoms with van der Waals surface area (Å²) in [6.07, 6.45) is 0.834. The Kier molecular flexibility index (Phi) is 5.11. The number of hydrogen-bond donors (Lipinski definition) is 3. The molecule has 0 radical (unpaired) electrons. The van der Waals surface area contributed by atoms with E-state index in [0.29, 0.717) is 27.3 Å². The number of nitrogen functional groups attached to an aromatic ring is 1. The zero-order valence-electron chi connectivity index (χ0n) is 11.7. The minimum absolute atomic E-state index is 0.335. The van der Waals surface area contributed by atoms with E-state index in [2.05, 4.69) is 34.8 Å². The van der Waals surface area contributed by atoms with Crippen LogP contribution in [0.5, 0.6) is 0 Å². The molecule has 0 fully saturated rings. The Labute approximate surface area is 131 Å². The predicted molar refractivity (Wildman–Crippen MR) is 85.7 cm³/mol. The molecule has 0 aliphatic rings. The van der Waals surface area contributed by atoms with Crippen molar-refractivity contribution in [3.05, 3.63) is 33.8 Å². The maximum atomic E-state index is 12.3. The van der Waals surface area contributed by atoms with E-state index in [-0.39, 0.29) is 5.91 Å². The van der Waals surface area contributed by atoms with Crippen LogP contribution in [-0.2, 0) is 6.42 Å². The maximum absolute atomic E-state index is 12.3. The molecule has 112 valence electrons. The Morgan fingerprint density at radius 3 is 2.86 bits per heavy atom. The molecule has 0 bridgehead atoms. The number of nitrogens with two attached hydrogens (primary N) is 1. The van der Waals surface area contributed by atoms with Crippen LogP contribution in [0.1, 0.15) is 29.2 Å². The summed E-state index contributed by atoms with van der Waals surface area (Å²) in [6, 6.07) is 4.84. The van der Waals surface area contributed by atoms with Crippen LogP contribution in [0.4, 0.5) is 10.8 Å². The number of anilines is 2. The van der Waals surface area contributed by atoms with E-state index >= 15 is 0 Å². The first-order valence-corrected chi connectivity index (χ1v) is 7.59. The van der Waals surface area contributed by atoms with Gasteiger partial charge in [-0.05, 0) is 24.1 Å². The summed E-state index contributed by atoms with van der Waals surface area (Å²) in [7, 11) is 0. The molecule has 0 spiro atoms.